The van der Waals surface area contributed by atoms with Crippen molar-refractivity contribution in [1.29, 1.82) is 5.41 Å². The highest BCUT2D eigenvalue weighted by molar-refractivity contribution is 6.06. The zero-order valence-corrected chi connectivity index (χ0v) is 8.51. The van der Waals surface area contributed by atoms with Crippen LogP contribution in [0.5, 0.6) is 0 Å². The first-order valence-electron chi connectivity index (χ1n) is 5.19. The molecule has 0 saturated heterocycles. The minimum absolute atomic E-state index is 0.750. The molecule has 1 heteroatoms. The van der Waals surface area contributed by atoms with Crippen LogP contribution < -0.4 is 0 Å². The van der Waals surface area contributed by atoms with Crippen LogP contribution in [-0.4, -0.2) is 5.71 Å². The van der Waals surface area contributed by atoms with Crippen molar-refractivity contribution in [1.82, 2.24) is 0 Å². The van der Waals surface area contributed by atoms with Gasteiger partial charge in [0.1, 0.15) is 0 Å². The SMILES string of the molecule is CCCC1=CCC(=N)c2ccccc21. The Hall–Kier alpha value is -1.37. The zero-order valence-electron chi connectivity index (χ0n) is 8.51. The molecule has 0 atom stereocenters. The van der Waals surface area contributed by atoms with Gasteiger partial charge in [-0.3, -0.25) is 0 Å². The van der Waals surface area contributed by atoms with E-state index < -0.39 is 0 Å². The highest BCUT2D eigenvalue weighted by Gasteiger charge is 2.14. The van der Waals surface area contributed by atoms with Crippen LogP contribution in [0.3, 0.4) is 0 Å². The largest absolute Gasteiger partial charge is 0.304 e. The smallest absolute Gasteiger partial charge is 0.0430 e. The summed E-state index contributed by atoms with van der Waals surface area (Å²) >= 11 is 0. The normalized spacial score (nSPS) is 14.9. The fourth-order valence-corrected chi connectivity index (χ4v) is 1.98. The molecular weight excluding hydrogens is 170 g/mol. The molecule has 0 aliphatic heterocycles. The van der Waals surface area contributed by atoms with Gasteiger partial charge in [0.05, 0.1) is 0 Å². The van der Waals surface area contributed by atoms with E-state index in [1.54, 1.807) is 0 Å². The lowest BCUT2D eigenvalue weighted by Crippen LogP contribution is -2.07. The molecule has 0 heterocycles. The quantitative estimate of drug-likeness (QED) is 0.727. The molecule has 1 nitrogen and oxygen atoms in total. The van der Waals surface area contributed by atoms with E-state index >= 15 is 0 Å². The van der Waals surface area contributed by atoms with Crippen LogP contribution in [0.4, 0.5) is 0 Å². The Morgan fingerprint density at radius 3 is 2.64 bits per heavy atom. The molecular formula is C13H15N. The maximum Gasteiger partial charge on any atom is 0.0430 e. The molecule has 1 aliphatic rings. The van der Waals surface area contributed by atoms with Crippen LogP contribution >= 0.6 is 0 Å². The number of fused-ring (bicyclic) bond motifs is 1. The molecule has 0 amide bonds. The maximum absolute atomic E-state index is 7.85. The maximum atomic E-state index is 7.85. The monoisotopic (exact) mass is 185 g/mol. The van der Waals surface area contributed by atoms with Gasteiger partial charge >= 0.3 is 0 Å². The van der Waals surface area contributed by atoms with Crippen LogP contribution in [0.2, 0.25) is 0 Å². The minimum Gasteiger partial charge on any atom is -0.304 e. The van der Waals surface area contributed by atoms with Crippen molar-refractivity contribution >= 4 is 11.3 Å². The number of benzene rings is 1. The lowest BCUT2D eigenvalue weighted by molar-refractivity contribution is 0.967. The summed E-state index contributed by atoms with van der Waals surface area (Å²) in [6.45, 7) is 2.20. The molecule has 0 fully saturated rings. The first-order chi connectivity index (χ1) is 6.83. The van der Waals surface area contributed by atoms with E-state index in [-0.39, 0.29) is 0 Å². The first kappa shape index (κ1) is 9.20. The van der Waals surface area contributed by atoms with Crippen LogP contribution in [0.15, 0.2) is 30.3 Å². The Kier molecular flexibility index (Phi) is 2.49. The third-order valence-electron chi connectivity index (χ3n) is 2.67. The summed E-state index contributed by atoms with van der Waals surface area (Å²) in [4.78, 5) is 0. The number of rotatable bonds is 2. The molecule has 1 aliphatic carbocycles. The highest BCUT2D eigenvalue weighted by Crippen LogP contribution is 2.29. The molecule has 0 unspecified atom stereocenters. The van der Waals surface area contributed by atoms with Gasteiger partial charge in [0, 0.05) is 17.7 Å². The van der Waals surface area contributed by atoms with E-state index in [2.05, 4.69) is 31.2 Å². The van der Waals surface area contributed by atoms with E-state index in [0.29, 0.717) is 0 Å². The van der Waals surface area contributed by atoms with E-state index in [0.717, 1.165) is 24.1 Å². The Morgan fingerprint density at radius 1 is 1.21 bits per heavy atom. The van der Waals surface area contributed by atoms with Crippen LogP contribution in [-0.2, 0) is 0 Å². The number of hydrogen-bond donors (Lipinski definition) is 1. The third-order valence-corrected chi connectivity index (χ3v) is 2.67. The van der Waals surface area contributed by atoms with Gasteiger partial charge in [0.2, 0.25) is 0 Å². The Balaban J connectivity index is 2.46. The second kappa shape index (κ2) is 3.79. The second-order valence-electron chi connectivity index (χ2n) is 3.71. The topological polar surface area (TPSA) is 23.9 Å². The van der Waals surface area contributed by atoms with E-state index in [9.17, 15) is 0 Å². The number of hydrogen-bond acceptors (Lipinski definition) is 1. The first-order valence-corrected chi connectivity index (χ1v) is 5.19. The predicted octanol–water partition coefficient (Wildman–Crippen LogP) is 3.64. The van der Waals surface area contributed by atoms with Crippen molar-refractivity contribution < 1.29 is 0 Å². The third kappa shape index (κ3) is 1.50. The van der Waals surface area contributed by atoms with Crippen molar-refractivity contribution in [3.8, 4) is 0 Å². The summed E-state index contributed by atoms with van der Waals surface area (Å²) < 4.78 is 0. The molecule has 14 heavy (non-hydrogen) atoms. The van der Waals surface area contributed by atoms with Gasteiger partial charge in [-0.1, -0.05) is 43.7 Å². The van der Waals surface area contributed by atoms with Gasteiger partial charge in [0.15, 0.2) is 0 Å². The van der Waals surface area contributed by atoms with Gasteiger partial charge in [-0.15, -0.1) is 0 Å². The Bertz CT molecular complexity index is 388. The summed E-state index contributed by atoms with van der Waals surface area (Å²) in [7, 11) is 0. The molecule has 1 aromatic carbocycles. The minimum atomic E-state index is 0.750. The zero-order chi connectivity index (χ0) is 9.97. The van der Waals surface area contributed by atoms with Gasteiger partial charge in [-0.05, 0) is 17.6 Å². The summed E-state index contributed by atoms with van der Waals surface area (Å²) in [5.74, 6) is 0. The predicted molar refractivity (Wildman–Crippen MR) is 60.8 cm³/mol. The lowest BCUT2D eigenvalue weighted by Gasteiger charge is -2.17. The van der Waals surface area contributed by atoms with Crippen molar-refractivity contribution in [3.05, 3.63) is 41.5 Å². The summed E-state index contributed by atoms with van der Waals surface area (Å²) in [6, 6.07) is 8.26. The summed E-state index contributed by atoms with van der Waals surface area (Å²) in [5, 5.41) is 7.85. The summed E-state index contributed by atoms with van der Waals surface area (Å²) in [6.07, 6.45) is 5.30. The fourth-order valence-electron chi connectivity index (χ4n) is 1.98. The van der Waals surface area contributed by atoms with Gasteiger partial charge < -0.3 is 5.41 Å². The van der Waals surface area contributed by atoms with Crippen LogP contribution in [0.25, 0.3) is 5.57 Å². The molecule has 2 rings (SSSR count). The van der Waals surface area contributed by atoms with Crippen molar-refractivity contribution in [2.75, 3.05) is 0 Å². The number of nitrogens with one attached hydrogen (secondary N) is 1. The van der Waals surface area contributed by atoms with Crippen molar-refractivity contribution in [2.24, 2.45) is 0 Å². The Morgan fingerprint density at radius 2 is 1.93 bits per heavy atom. The van der Waals surface area contributed by atoms with Gasteiger partial charge in [-0.2, -0.15) is 0 Å². The standard InChI is InChI=1S/C13H15N/c1-2-5-10-8-9-13(14)12-7-4-3-6-11(10)12/h3-4,6-8,14H,2,5,9H2,1H3. The lowest BCUT2D eigenvalue weighted by atomic mass is 9.87. The van der Waals surface area contributed by atoms with Gasteiger partial charge in [-0.25, -0.2) is 0 Å². The van der Waals surface area contributed by atoms with E-state index in [4.69, 9.17) is 5.41 Å². The summed E-state index contributed by atoms with van der Waals surface area (Å²) in [5.41, 5.74) is 4.56. The molecule has 0 bridgehead atoms. The van der Waals surface area contributed by atoms with Crippen molar-refractivity contribution in [3.63, 3.8) is 0 Å². The molecule has 0 aromatic heterocycles. The van der Waals surface area contributed by atoms with Crippen LogP contribution in [0, 0.1) is 5.41 Å². The van der Waals surface area contributed by atoms with E-state index in [1.807, 2.05) is 6.07 Å². The molecule has 1 aromatic rings. The van der Waals surface area contributed by atoms with Gasteiger partial charge in [0.25, 0.3) is 0 Å². The second-order valence-corrected chi connectivity index (χ2v) is 3.71. The molecule has 0 radical (unpaired) electrons. The fraction of sp³-hybridized carbons (Fsp3) is 0.308. The number of allylic oxidation sites excluding steroid dienone is 2. The highest BCUT2D eigenvalue weighted by atomic mass is 14.4. The van der Waals surface area contributed by atoms with E-state index in [1.165, 1.54) is 17.6 Å². The molecule has 0 saturated carbocycles. The Labute approximate surface area is 85.0 Å². The molecule has 72 valence electrons. The molecule has 1 N–H and O–H groups in total. The average molecular weight is 185 g/mol. The molecule has 0 spiro atoms. The van der Waals surface area contributed by atoms with Crippen molar-refractivity contribution in [2.45, 2.75) is 26.2 Å². The van der Waals surface area contributed by atoms with Crippen LogP contribution in [0.1, 0.15) is 37.3 Å². The average Bonchev–Trinajstić information content (AvgIpc) is 2.23.